The van der Waals surface area contributed by atoms with Crippen molar-refractivity contribution in [2.75, 3.05) is 12.4 Å². The van der Waals surface area contributed by atoms with Crippen LogP contribution in [0.25, 0.3) is 0 Å². The van der Waals surface area contributed by atoms with Gasteiger partial charge in [0.25, 0.3) is 5.92 Å². The largest absolute Gasteiger partial charge is 0.489 e. The number of aryl methyl sites for hydroxylation is 2. The Morgan fingerprint density at radius 3 is 2.27 bits per heavy atom. The Hall–Kier alpha value is -2.10. The van der Waals surface area contributed by atoms with Crippen molar-refractivity contribution in [2.45, 2.75) is 33.3 Å². The standard InChI is InChI=1S/C18H21F2NO/c1-12-8-16(9-13(2)17(12)21-4)22-11-14-6-5-7-15(10-14)18(3,19)20/h5-10,21H,11H2,1-4H3. The zero-order chi connectivity index (χ0) is 16.3. The van der Waals surface area contributed by atoms with Crippen molar-refractivity contribution in [2.24, 2.45) is 0 Å². The number of ether oxygens (including phenoxy) is 1. The van der Waals surface area contributed by atoms with Crippen LogP contribution in [0.4, 0.5) is 14.5 Å². The summed E-state index contributed by atoms with van der Waals surface area (Å²) in [5, 5.41) is 3.15. The average Bonchev–Trinajstić information content (AvgIpc) is 2.44. The SMILES string of the molecule is CNc1c(C)cc(OCc2cccc(C(C)(F)F)c2)cc1C. The van der Waals surface area contributed by atoms with Crippen LogP contribution in [0, 0.1) is 13.8 Å². The van der Waals surface area contributed by atoms with E-state index in [0.29, 0.717) is 0 Å². The molecule has 0 aliphatic heterocycles. The number of rotatable bonds is 5. The quantitative estimate of drug-likeness (QED) is 0.836. The number of nitrogens with one attached hydrogen (secondary N) is 1. The zero-order valence-corrected chi connectivity index (χ0v) is 13.3. The summed E-state index contributed by atoms with van der Waals surface area (Å²) in [5.41, 5.74) is 4.00. The highest BCUT2D eigenvalue weighted by molar-refractivity contribution is 5.59. The van der Waals surface area contributed by atoms with Crippen molar-refractivity contribution >= 4 is 5.69 Å². The predicted octanol–water partition coefficient (Wildman–Crippen LogP) is 5.04. The Labute approximate surface area is 130 Å². The van der Waals surface area contributed by atoms with E-state index in [9.17, 15) is 8.78 Å². The molecule has 4 heteroatoms. The van der Waals surface area contributed by atoms with Gasteiger partial charge in [0, 0.05) is 25.2 Å². The Balaban J connectivity index is 2.14. The molecule has 2 rings (SSSR count). The zero-order valence-electron chi connectivity index (χ0n) is 13.3. The van der Waals surface area contributed by atoms with Gasteiger partial charge in [0.1, 0.15) is 12.4 Å². The Morgan fingerprint density at radius 2 is 1.73 bits per heavy atom. The molecule has 0 spiro atoms. The van der Waals surface area contributed by atoms with E-state index in [1.807, 2.05) is 33.0 Å². The smallest absolute Gasteiger partial charge is 0.270 e. The van der Waals surface area contributed by atoms with Gasteiger partial charge in [-0.05, 0) is 48.7 Å². The minimum Gasteiger partial charge on any atom is -0.489 e. The van der Waals surface area contributed by atoms with Gasteiger partial charge < -0.3 is 10.1 Å². The fourth-order valence-electron chi connectivity index (χ4n) is 2.50. The third-order valence-corrected chi connectivity index (χ3v) is 3.60. The van der Waals surface area contributed by atoms with E-state index >= 15 is 0 Å². The molecule has 0 unspecified atom stereocenters. The monoisotopic (exact) mass is 305 g/mol. The Morgan fingerprint density at radius 1 is 1.09 bits per heavy atom. The van der Waals surface area contributed by atoms with Crippen molar-refractivity contribution in [1.82, 2.24) is 0 Å². The van der Waals surface area contributed by atoms with Crippen molar-refractivity contribution in [3.05, 3.63) is 58.7 Å². The van der Waals surface area contributed by atoms with E-state index < -0.39 is 5.92 Å². The van der Waals surface area contributed by atoms with Gasteiger partial charge in [0.15, 0.2) is 0 Å². The molecule has 2 nitrogen and oxygen atoms in total. The Bertz CT molecular complexity index is 639. The van der Waals surface area contributed by atoms with E-state index in [1.54, 1.807) is 12.1 Å². The second-order valence-electron chi connectivity index (χ2n) is 5.56. The number of hydrogen-bond donors (Lipinski definition) is 1. The van der Waals surface area contributed by atoms with Crippen LogP contribution in [0.3, 0.4) is 0 Å². The lowest BCUT2D eigenvalue weighted by atomic mass is 10.1. The Kier molecular flexibility index (Phi) is 4.69. The van der Waals surface area contributed by atoms with Gasteiger partial charge in [-0.15, -0.1) is 0 Å². The topological polar surface area (TPSA) is 21.3 Å². The number of anilines is 1. The molecule has 0 amide bonds. The molecule has 22 heavy (non-hydrogen) atoms. The fourth-order valence-corrected chi connectivity index (χ4v) is 2.50. The first-order chi connectivity index (χ1) is 10.3. The van der Waals surface area contributed by atoms with Crippen molar-refractivity contribution in [3.8, 4) is 5.75 Å². The normalized spacial score (nSPS) is 11.4. The molecule has 0 bridgehead atoms. The molecule has 0 fully saturated rings. The predicted molar refractivity (Wildman–Crippen MR) is 85.8 cm³/mol. The minimum absolute atomic E-state index is 0.00601. The van der Waals surface area contributed by atoms with Crippen LogP contribution in [-0.4, -0.2) is 7.05 Å². The van der Waals surface area contributed by atoms with Gasteiger partial charge in [-0.1, -0.05) is 18.2 Å². The van der Waals surface area contributed by atoms with Gasteiger partial charge >= 0.3 is 0 Å². The maximum Gasteiger partial charge on any atom is 0.270 e. The molecule has 0 aliphatic rings. The lowest BCUT2D eigenvalue weighted by molar-refractivity contribution is 0.0173. The summed E-state index contributed by atoms with van der Waals surface area (Å²) in [6, 6.07) is 10.2. The first kappa shape index (κ1) is 16.3. The van der Waals surface area contributed by atoms with Crippen LogP contribution < -0.4 is 10.1 Å². The van der Waals surface area contributed by atoms with Crippen LogP contribution in [0.5, 0.6) is 5.75 Å². The first-order valence-corrected chi connectivity index (χ1v) is 7.20. The molecule has 0 radical (unpaired) electrons. The third kappa shape index (κ3) is 3.75. The number of halogens is 2. The van der Waals surface area contributed by atoms with E-state index in [4.69, 9.17) is 4.74 Å². The highest BCUT2D eigenvalue weighted by Crippen LogP contribution is 2.29. The van der Waals surface area contributed by atoms with Crippen molar-refractivity contribution < 1.29 is 13.5 Å². The highest BCUT2D eigenvalue weighted by atomic mass is 19.3. The summed E-state index contributed by atoms with van der Waals surface area (Å²) in [6.45, 7) is 5.17. The van der Waals surface area contributed by atoms with Crippen molar-refractivity contribution in [1.29, 1.82) is 0 Å². The average molecular weight is 305 g/mol. The van der Waals surface area contributed by atoms with Crippen LogP contribution in [0.2, 0.25) is 0 Å². The first-order valence-electron chi connectivity index (χ1n) is 7.20. The second kappa shape index (κ2) is 6.34. The van der Waals surface area contributed by atoms with Crippen LogP contribution in [0.15, 0.2) is 36.4 Å². The molecular formula is C18H21F2NO. The molecule has 0 heterocycles. The lowest BCUT2D eigenvalue weighted by Gasteiger charge is -2.14. The van der Waals surface area contributed by atoms with Crippen molar-refractivity contribution in [3.63, 3.8) is 0 Å². The molecule has 0 aliphatic carbocycles. The van der Waals surface area contributed by atoms with Gasteiger partial charge in [0.2, 0.25) is 0 Å². The summed E-state index contributed by atoms with van der Waals surface area (Å²) in [5.74, 6) is -2.10. The number of alkyl halides is 2. The van der Waals surface area contributed by atoms with E-state index in [2.05, 4.69) is 5.32 Å². The molecule has 118 valence electrons. The number of benzene rings is 2. The maximum absolute atomic E-state index is 13.3. The van der Waals surface area contributed by atoms with Crippen LogP contribution >= 0.6 is 0 Å². The van der Waals surface area contributed by atoms with Crippen LogP contribution in [0.1, 0.15) is 29.2 Å². The van der Waals surface area contributed by atoms with Gasteiger partial charge in [-0.25, -0.2) is 8.78 Å². The summed E-state index contributed by atoms with van der Waals surface area (Å²) < 4.78 is 32.4. The lowest BCUT2D eigenvalue weighted by Crippen LogP contribution is -2.08. The highest BCUT2D eigenvalue weighted by Gasteiger charge is 2.24. The van der Waals surface area contributed by atoms with E-state index in [0.717, 1.165) is 35.1 Å². The third-order valence-electron chi connectivity index (χ3n) is 3.60. The summed E-state index contributed by atoms with van der Waals surface area (Å²) in [4.78, 5) is 0. The molecule has 1 N–H and O–H groups in total. The van der Waals surface area contributed by atoms with Crippen LogP contribution in [-0.2, 0) is 12.5 Å². The number of hydrogen-bond acceptors (Lipinski definition) is 2. The minimum atomic E-state index is -2.84. The molecule has 2 aromatic carbocycles. The van der Waals surface area contributed by atoms with Gasteiger partial charge in [0.05, 0.1) is 0 Å². The fraction of sp³-hybridized carbons (Fsp3) is 0.333. The molecular weight excluding hydrogens is 284 g/mol. The van der Waals surface area contributed by atoms with E-state index in [1.165, 1.54) is 12.1 Å². The van der Waals surface area contributed by atoms with Gasteiger partial charge in [-0.3, -0.25) is 0 Å². The molecule has 0 atom stereocenters. The molecule has 2 aromatic rings. The molecule has 0 saturated heterocycles. The summed E-state index contributed by atoms with van der Waals surface area (Å²) in [6.07, 6.45) is 0. The van der Waals surface area contributed by atoms with E-state index in [-0.39, 0.29) is 12.2 Å². The molecule has 0 saturated carbocycles. The summed E-state index contributed by atoms with van der Waals surface area (Å²) >= 11 is 0. The molecule has 0 aromatic heterocycles. The summed E-state index contributed by atoms with van der Waals surface area (Å²) in [7, 11) is 1.88. The maximum atomic E-state index is 13.3. The van der Waals surface area contributed by atoms with Gasteiger partial charge in [-0.2, -0.15) is 0 Å². The second-order valence-corrected chi connectivity index (χ2v) is 5.56.